The molecule has 2 aromatic carbocycles. The molecule has 0 amide bonds. The standard InChI is InChI=1S/C22H20FN3O.2C2H6/c1-14(2)27-20-10-17(9-19(24)12-20)21-13-25-22-11-16(7-8-26(21)22)15-3-5-18(23)6-4-15;2*1-2/h3-14H,24H2,1-2H3;2*1-2H3. The van der Waals surface area contributed by atoms with Crippen LogP contribution in [-0.4, -0.2) is 15.5 Å². The van der Waals surface area contributed by atoms with Crippen molar-refractivity contribution >= 4 is 11.3 Å². The molecule has 164 valence electrons. The van der Waals surface area contributed by atoms with E-state index in [4.69, 9.17) is 10.5 Å². The molecule has 0 aliphatic carbocycles. The molecule has 31 heavy (non-hydrogen) atoms. The number of ether oxygens (including phenoxy) is 1. The van der Waals surface area contributed by atoms with Gasteiger partial charge in [-0.3, -0.25) is 4.40 Å². The first-order valence-corrected chi connectivity index (χ1v) is 10.8. The van der Waals surface area contributed by atoms with Crippen LogP contribution in [0.25, 0.3) is 28.0 Å². The lowest BCUT2D eigenvalue weighted by molar-refractivity contribution is 0.242. The quantitative estimate of drug-likeness (QED) is 0.354. The third-order valence-corrected chi connectivity index (χ3v) is 4.29. The summed E-state index contributed by atoms with van der Waals surface area (Å²) in [6.45, 7) is 12.0. The largest absolute Gasteiger partial charge is 0.491 e. The average molecular weight is 422 g/mol. The highest BCUT2D eigenvalue weighted by molar-refractivity contribution is 5.73. The van der Waals surface area contributed by atoms with E-state index in [2.05, 4.69) is 4.98 Å². The molecule has 2 N–H and O–H groups in total. The highest BCUT2D eigenvalue weighted by atomic mass is 19.1. The molecule has 0 atom stereocenters. The summed E-state index contributed by atoms with van der Waals surface area (Å²) in [4.78, 5) is 4.53. The molecule has 0 saturated heterocycles. The van der Waals surface area contributed by atoms with Crippen molar-refractivity contribution in [1.82, 2.24) is 9.38 Å². The molecule has 0 unspecified atom stereocenters. The number of nitrogens with zero attached hydrogens (tertiary/aromatic N) is 2. The van der Waals surface area contributed by atoms with E-state index >= 15 is 0 Å². The topological polar surface area (TPSA) is 52.5 Å². The first kappa shape index (κ1) is 23.9. The van der Waals surface area contributed by atoms with Gasteiger partial charge in [0.1, 0.15) is 17.2 Å². The fraction of sp³-hybridized carbons (Fsp3) is 0.269. The SMILES string of the molecule is CC.CC.CC(C)Oc1cc(N)cc(-c2cnc3cc(-c4ccc(F)cc4)ccn23)c1. The number of fused-ring (bicyclic) bond motifs is 1. The number of hydrogen-bond donors (Lipinski definition) is 1. The van der Waals surface area contributed by atoms with Crippen molar-refractivity contribution in [2.75, 3.05) is 5.73 Å². The Kier molecular flexibility index (Phi) is 8.62. The molecular weight excluding hydrogens is 389 g/mol. The second-order valence-corrected chi connectivity index (χ2v) is 6.75. The molecule has 0 aliphatic rings. The van der Waals surface area contributed by atoms with Crippen molar-refractivity contribution in [2.45, 2.75) is 47.6 Å². The highest BCUT2D eigenvalue weighted by Crippen LogP contribution is 2.30. The molecular formula is C26H32FN3O. The van der Waals surface area contributed by atoms with Crippen LogP contribution in [0.2, 0.25) is 0 Å². The van der Waals surface area contributed by atoms with Crippen LogP contribution in [0.4, 0.5) is 10.1 Å². The molecule has 0 bridgehead atoms. The van der Waals surface area contributed by atoms with Gasteiger partial charge in [-0.1, -0.05) is 39.8 Å². The second kappa shape index (κ2) is 11.2. The molecule has 0 aliphatic heterocycles. The molecule has 4 rings (SSSR count). The number of nitrogens with two attached hydrogens (primary N) is 1. The fourth-order valence-corrected chi connectivity index (χ4v) is 3.13. The maximum Gasteiger partial charge on any atom is 0.137 e. The van der Waals surface area contributed by atoms with Gasteiger partial charge in [0.15, 0.2) is 0 Å². The molecule has 0 saturated carbocycles. The summed E-state index contributed by atoms with van der Waals surface area (Å²) in [7, 11) is 0. The van der Waals surface area contributed by atoms with Gasteiger partial charge >= 0.3 is 0 Å². The normalized spacial score (nSPS) is 10.2. The molecule has 4 aromatic rings. The van der Waals surface area contributed by atoms with Crippen molar-refractivity contribution in [3.05, 3.63) is 72.8 Å². The minimum Gasteiger partial charge on any atom is -0.491 e. The fourth-order valence-electron chi connectivity index (χ4n) is 3.13. The van der Waals surface area contributed by atoms with Gasteiger partial charge in [-0.2, -0.15) is 0 Å². The Hall–Kier alpha value is -3.34. The number of hydrogen-bond acceptors (Lipinski definition) is 3. The van der Waals surface area contributed by atoms with Gasteiger partial charge < -0.3 is 10.5 Å². The second-order valence-electron chi connectivity index (χ2n) is 6.75. The first-order valence-electron chi connectivity index (χ1n) is 10.8. The maximum absolute atomic E-state index is 13.2. The van der Waals surface area contributed by atoms with Crippen molar-refractivity contribution in [1.29, 1.82) is 0 Å². The third-order valence-electron chi connectivity index (χ3n) is 4.29. The highest BCUT2D eigenvalue weighted by Gasteiger charge is 2.10. The Labute approximate surface area is 184 Å². The Morgan fingerprint density at radius 3 is 2.19 bits per heavy atom. The van der Waals surface area contributed by atoms with Gasteiger partial charge in [0, 0.05) is 23.5 Å². The number of halogens is 1. The summed E-state index contributed by atoms with van der Waals surface area (Å²) >= 11 is 0. The lowest BCUT2D eigenvalue weighted by atomic mass is 10.1. The number of anilines is 1. The van der Waals surface area contributed by atoms with Crippen molar-refractivity contribution in [3.63, 3.8) is 0 Å². The van der Waals surface area contributed by atoms with Crippen LogP contribution in [0.5, 0.6) is 5.75 Å². The van der Waals surface area contributed by atoms with Gasteiger partial charge in [0.2, 0.25) is 0 Å². The zero-order valence-electron chi connectivity index (χ0n) is 19.2. The predicted octanol–water partition coefficient (Wildman–Crippen LogP) is 7.23. The number of rotatable bonds is 4. The van der Waals surface area contributed by atoms with Crippen LogP contribution in [0.3, 0.4) is 0 Å². The van der Waals surface area contributed by atoms with Gasteiger partial charge in [0.25, 0.3) is 0 Å². The summed E-state index contributed by atoms with van der Waals surface area (Å²) in [6, 6.07) is 16.1. The van der Waals surface area contributed by atoms with E-state index in [-0.39, 0.29) is 11.9 Å². The maximum atomic E-state index is 13.2. The Morgan fingerprint density at radius 2 is 1.55 bits per heavy atom. The van der Waals surface area contributed by atoms with Gasteiger partial charge in [-0.05, 0) is 61.4 Å². The van der Waals surface area contributed by atoms with E-state index in [0.717, 1.165) is 33.8 Å². The van der Waals surface area contributed by atoms with Crippen LogP contribution in [-0.2, 0) is 0 Å². The van der Waals surface area contributed by atoms with Gasteiger partial charge in [-0.15, -0.1) is 0 Å². The minimum absolute atomic E-state index is 0.0695. The minimum atomic E-state index is -0.246. The summed E-state index contributed by atoms with van der Waals surface area (Å²) in [5.74, 6) is 0.488. The average Bonchev–Trinajstić information content (AvgIpc) is 3.19. The van der Waals surface area contributed by atoms with Crippen LogP contribution in [0.15, 0.2) is 67.0 Å². The Morgan fingerprint density at radius 1 is 0.871 bits per heavy atom. The number of benzene rings is 2. The lowest BCUT2D eigenvalue weighted by Crippen LogP contribution is -2.06. The summed E-state index contributed by atoms with van der Waals surface area (Å²) in [5, 5.41) is 0. The van der Waals surface area contributed by atoms with Crippen LogP contribution < -0.4 is 10.5 Å². The predicted molar refractivity (Wildman–Crippen MR) is 129 cm³/mol. The Balaban J connectivity index is 0.000000807. The van der Waals surface area contributed by atoms with Crippen LogP contribution >= 0.6 is 0 Å². The summed E-state index contributed by atoms with van der Waals surface area (Å²) in [6.07, 6.45) is 3.85. The molecule has 5 heteroatoms. The van der Waals surface area contributed by atoms with Gasteiger partial charge in [0.05, 0.1) is 18.0 Å². The van der Waals surface area contributed by atoms with E-state index in [9.17, 15) is 4.39 Å². The zero-order valence-corrected chi connectivity index (χ0v) is 19.2. The molecule has 0 fully saturated rings. The number of aromatic nitrogens is 2. The first-order chi connectivity index (χ1) is 15.0. The van der Waals surface area contributed by atoms with E-state index in [0.29, 0.717) is 5.69 Å². The van der Waals surface area contributed by atoms with Crippen molar-refractivity contribution < 1.29 is 9.13 Å². The summed E-state index contributed by atoms with van der Waals surface area (Å²) in [5.41, 5.74) is 11.3. The van der Waals surface area contributed by atoms with Gasteiger partial charge in [-0.25, -0.2) is 9.37 Å². The zero-order chi connectivity index (χ0) is 23.0. The van der Waals surface area contributed by atoms with Crippen molar-refractivity contribution in [3.8, 4) is 28.1 Å². The Bertz CT molecular complexity index is 1100. The summed E-state index contributed by atoms with van der Waals surface area (Å²) < 4.78 is 20.9. The van der Waals surface area contributed by atoms with Crippen LogP contribution in [0, 0.1) is 5.82 Å². The molecule has 0 spiro atoms. The monoisotopic (exact) mass is 421 g/mol. The van der Waals surface area contributed by atoms with E-state index in [1.54, 1.807) is 12.1 Å². The molecule has 2 aromatic heterocycles. The van der Waals surface area contributed by atoms with E-state index in [1.165, 1.54) is 12.1 Å². The smallest absolute Gasteiger partial charge is 0.137 e. The molecule has 0 radical (unpaired) electrons. The number of imidazole rings is 1. The number of nitrogen functional groups attached to an aromatic ring is 1. The molecule has 2 heterocycles. The molecule has 4 nitrogen and oxygen atoms in total. The lowest BCUT2D eigenvalue weighted by Gasteiger charge is -2.12. The van der Waals surface area contributed by atoms with E-state index < -0.39 is 0 Å². The van der Waals surface area contributed by atoms with E-state index in [1.807, 2.05) is 88.7 Å². The third kappa shape index (κ3) is 5.85. The van der Waals surface area contributed by atoms with Crippen molar-refractivity contribution in [2.24, 2.45) is 0 Å². The number of pyridine rings is 1. The van der Waals surface area contributed by atoms with Crippen LogP contribution in [0.1, 0.15) is 41.5 Å².